The Balaban J connectivity index is 1.75. The van der Waals surface area contributed by atoms with Gasteiger partial charge < -0.3 is 10.1 Å². The summed E-state index contributed by atoms with van der Waals surface area (Å²) in [4.78, 5) is 12.9. The summed E-state index contributed by atoms with van der Waals surface area (Å²) in [6, 6.07) is 12.8. The highest BCUT2D eigenvalue weighted by Crippen LogP contribution is 2.31. The van der Waals surface area contributed by atoms with E-state index in [9.17, 15) is 13.2 Å². The summed E-state index contributed by atoms with van der Waals surface area (Å²) in [5, 5.41) is 2.92. The molecule has 1 heterocycles. The Morgan fingerprint density at radius 3 is 2.59 bits per heavy atom. The number of rotatable bonds is 6. The molecule has 29 heavy (non-hydrogen) atoms. The predicted molar refractivity (Wildman–Crippen MR) is 114 cm³/mol. The van der Waals surface area contributed by atoms with Crippen LogP contribution in [0, 0.1) is 12.8 Å². The molecule has 1 aliphatic heterocycles. The van der Waals surface area contributed by atoms with Gasteiger partial charge >= 0.3 is 0 Å². The highest BCUT2D eigenvalue weighted by atomic mass is 32.2. The van der Waals surface area contributed by atoms with E-state index in [4.69, 9.17) is 4.74 Å². The molecule has 1 saturated heterocycles. The molecular weight excluding hydrogens is 388 g/mol. The standard InChI is InChI=1S/C22H28N2O4S/c1-4-17-8-10-19(11-9-17)23-22(25)18-6-5-13-24(15-18)29(26,27)21-14-16(2)7-12-20(21)28-3/h7-12,14,18H,4-6,13,15H2,1-3H3,(H,23,25)/t18-/m0/s1. The third-order valence-electron chi connectivity index (χ3n) is 5.32. The van der Waals surface area contributed by atoms with Gasteiger partial charge in [0.25, 0.3) is 0 Å². The third-order valence-corrected chi connectivity index (χ3v) is 7.21. The number of carbonyl (C=O) groups excluding carboxylic acids is 1. The summed E-state index contributed by atoms with van der Waals surface area (Å²) < 4.78 is 33.1. The van der Waals surface area contributed by atoms with E-state index in [1.54, 1.807) is 12.1 Å². The lowest BCUT2D eigenvalue weighted by Gasteiger charge is -2.31. The quantitative estimate of drug-likeness (QED) is 0.781. The van der Waals surface area contributed by atoms with Crippen LogP contribution in [0.2, 0.25) is 0 Å². The van der Waals surface area contributed by atoms with Crippen molar-refractivity contribution in [3.05, 3.63) is 53.6 Å². The van der Waals surface area contributed by atoms with E-state index in [1.807, 2.05) is 37.3 Å². The second-order valence-corrected chi connectivity index (χ2v) is 9.30. The molecular formula is C22H28N2O4S. The Bertz CT molecular complexity index is 971. The van der Waals surface area contributed by atoms with Crippen LogP contribution in [0.4, 0.5) is 5.69 Å². The van der Waals surface area contributed by atoms with Crippen LogP contribution in [0.3, 0.4) is 0 Å². The Hall–Kier alpha value is -2.38. The van der Waals surface area contributed by atoms with Crippen LogP contribution >= 0.6 is 0 Å². The lowest BCUT2D eigenvalue weighted by Crippen LogP contribution is -2.43. The van der Waals surface area contributed by atoms with Crippen LogP contribution < -0.4 is 10.1 Å². The average molecular weight is 417 g/mol. The molecule has 1 atom stereocenters. The van der Waals surface area contributed by atoms with Gasteiger partial charge in [-0.1, -0.05) is 25.1 Å². The molecule has 0 spiro atoms. The fraction of sp³-hybridized carbons (Fsp3) is 0.409. The Kier molecular flexibility index (Phi) is 6.59. The van der Waals surface area contributed by atoms with Gasteiger partial charge in [0.2, 0.25) is 15.9 Å². The smallest absolute Gasteiger partial charge is 0.246 e. The van der Waals surface area contributed by atoms with Crippen molar-refractivity contribution in [2.75, 3.05) is 25.5 Å². The minimum absolute atomic E-state index is 0.148. The maximum atomic E-state index is 13.2. The van der Waals surface area contributed by atoms with Gasteiger partial charge in [0, 0.05) is 18.8 Å². The number of benzene rings is 2. The number of piperidine rings is 1. The third kappa shape index (κ3) is 4.79. The van der Waals surface area contributed by atoms with E-state index < -0.39 is 10.0 Å². The Morgan fingerprint density at radius 2 is 1.93 bits per heavy atom. The number of aryl methyl sites for hydroxylation is 2. The summed E-state index contributed by atoms with van der Waals surface area (Å²) in [6.07, 6.45) is 2.24. The van der Waals surface area contributed by atoms with Gasteiger partial charge in [0.15, 0.2) is 0 Å². The van der Waals surface area contributed by atoms with Crippen LogP contribution in [-0.2, 0) is 21.2 Å². The minimum Gasteiger partial charge on any atom is -0.495 e. The minimum atomic E-state index is -3.75. The zero-order valence-electron chi connectivity index (χ0n) is 17.1. The number of nitrogens with one attached hydrogen (secondary N) is 1. The van der Waals surface area contributed by atoms with Crippen molar-refractivity contribution in [1.29, 1.82) is 0 Å². The molecule has 156 valence electrons. The molecule has 7 heteroatoms. The second kappa shape index (κ2) is 8.97. The fourth-order valence-electron chi connectivity index (χ4n) is 3.57. The summed E-state index contributed by atoms with van der Waals surface area (Å²) in [7, 11) is -2.29. The zero-order chi connectivity index (χ0) is 21.0. The number of ether oxygens (including phenoxy) is 1. The maximum absolute atomic E-state index is 13.2. The summed E-state index contributed by atoms with van der Waals surface area (Å²) >= 11 is 0. The molecule has 3 rings (SSSR count). The zero-order valence-corrected chi connectivity index (χ0v) is 18.0. The molecule has 0 radical (unpaired) electrons. The molecule has 0 bridgehead atoms. The number of carbonyl (C=O) groups is 1. The van der Waals surface area contributed by atoms with Crippen molar-refractivity contribution in [3.8, 4) is 5.75 Å². The molecule has 1 amide bonds. The van der Waals surface area contributed by atoms with Crippen LogP contribution in [0.5, 0.6) is 5.75 Å². The van der Waals surface area contributed by atoms with Crippen LogP contribution in [-0.4, -0.2) is 38.8 Å². The molecule has 0 unspecified atom stereocenters. The largest absolute Gasteiger partial charge is 0.495 e. The summed E-state index contributed by atoms with van der Waals surface area (Å²) in [5.74, 6) is -0.219. The second-order valence-electron chi connectivity index (χ2n) is 7.40. The number of hydrogen-bond acceptors (Lipinski definition) is 4. The summed E-state index contributed by atoms with van der Waals surface area (Å²) in [5.41, 5.74) is 2.77. The topological polar surface area (TPSA) is 75.7 Å². The van der Waals surface area contributed by atoms with E-state index >= 15 is 0 Å². The van der Waals surface area contributed by atoms with Gasteiger partial charge in [0.1, 0.15) is 10.6 Å². The highest BCUT2D eigenvalue weighted by molar-refractivity contribution is 7.89. The van der Waals surface area contributed by atoms with E-state index in [1.165, 1.54) is 17.0 Å². The van der Waals surface area contributed by atoms with Crippen molar-refractivity contribution in [2.45, 2.75) is 38.0 Å². The molecule has 1 fully saturated rings. The van der Waals surface area contributed by atoms with Gasteiger partial charge in [-0.15, -0.1) is 0 Å². The van der Waals surface area contributed by atoms with E-state index in [-0.39, 0.29) is 23.3 Å². The van der Waals surface area contributed by atoms with Crippen molar-refractivity contribution in [2.24, 2.45) is 5.92 Å². The van der Waals surface area contributed by atoms with E-state index in [0.29, 0.717) is 25.1 Å². The highest BCUT2D eigenvalue weighted by Gasteiger charge is 2.34. The normalized spacial score (nSPS) is 17.7. The molecule has 1 N–H and O–H groups in total. The van der Waals surface area contributed by atoms with E-state index in [0.717, 1.165) is 17.7 Å². The first-order valence-corrected chi connectivity index (χ1v) is 11.3. The Morgan fingerprint density at radius 1 is 1.21 bits per heavy atom. The number of sulfonamides is 1. The lowest BCUT2D eigenvalue weighted by molar-refractivity contribution is -0.120. The molecule has 2 aromatic carbocycles. The first kappa shape index (κ1) is 21.3. The first-order chi connectivity index (χ1) is 13.8. The fourth-order valence-corrected chi connectivity index (χ4v) is 5.33. The average Bonchev–Trinajstić information content (AvgIpc) is 2.74. The van der Waals surface area contributed by atoms with Crippen LogP contribution in [0.25, 0.3) is 0 Å². The molecule has 0 saturated carbocycles. The number of hydrogen-bond donors (Lipinski definition) is 1. The van der Waals surface area contributed by atoms with Gasteiger partial charge in [-0.05, 0) is 61.6 Å². The SMILES string of the molecule is CCc1ccc(NC(=O)[C@H]2CCCN(S(=O)(=O)c3cc(C)ccc3OC)C2)cc1. The maximum Gasteiger partial charge on any atom is 0.246 e. The van der Waals surface area contributed by atoms with Crippen molar-refractivity contribution >= 4 is 21.6 Å². The van der Waals surface area contributed by atoms with Gasteiger partial charge in [0.05, 0.1) is 13.0 Å². The molecule has 6 nitrogen and oxygen atoms in total. The number of amides is 1. The van der Waals surface area contributed by atoms with Crippen molar-refractivity contribution in [1.82, 2.24) is 4.31 Å². The Labute approximate surface area is 172 Å². The van der Waals surface area contributed by atoms with Crippen LogP contribution in [0.15, 0.2) is 47.4 Å². The monoisotopic (exact) mass is 416 g/mol. The summed E-state index contributed by atoms with van der Waals surface area (Å²) in [6.45, 7) is 4.48. The van der Waals surface area contributed by atoms with Crippen molar-refractivity contribution in [3.63, 3.8) is 0 Å². The number of nitrogens with zero attached hydrogens (tertiary/aromatic N) is 1. The van der Waals surface area contributed by atoms with Gasteiger partial charge in [-0.2, -0.15) is 4.31 Å². The lowest BCUT2D eigenvalue weighted by atomic mass is 9.98. The van der Waals surface area contributed by atoms with Crippen molar-refractivity contribution < 1.29 is 17.9 Å². The molecule has 2 aromatic rings. The predicted octanol–water partition coefficient (Wildman–Crippen LogP) is 3.61. The number of anilines is 1. The van der Waals surface area contributed by atoms with Gasteiger partial charge in [-0.3, -0.25) is 4.79 Å². The van der Waals surface area contributed by atoms with E-state index in [2.05, 4.69) is 12.2 Å². The number of methoxy groups -OCH3 is 1. The van der Waals surface area contributed by atoms with Crippen LogP contribution in [0.1, 0.15) is 30.9 Å². The molecule has 1 aliphatic rings. The molecule has 0 aliphatic carbocycles. The molecule has 0 aromatic heterocycles. The van der Waals surface area contributed by atoms with Gasteiger partial charge in [-0.25, -0.2) is 8.42 Å². The first-order valence-electron chi connectivity index (χ1n) is 9.89.